The number of likely N-dealkylation sites (N-methyl/N-ethyl adjacent to an activating group) is 1. The first-order chi connectivity index (χ1) is 10.1. The standard InChI is InChI=1S/C16H21N3O2/c1-4-14(17-5-2)11(3)12-8-9-15(19(20)21)13-7-6-10-18-16(12)13/h6-11,14,17H,4-5H2,1-3H3. The lowest BCUT2D eigenvalue weighted by molar-refractivity contribution is -0.383. The molecule has 0 aliphatic rings. The summed E-state index contributed by atoms with van der Waals surface area (Å²) in [6.45, 7) is 7.28. The number of nitro groups is 1. The Morgan fingerprint density at radius 1 is 1.33 bits per heavy atom. The molecule has 1 aromatic heterocycles. The van der Waals surface area contributed by atoms with Gasteiger partial charge in [-0.2, -0.15) is 0 Å². The number of nitrogens with one attached hydrogen (secondary N) is 1. The van der Waals surface area contributed by atoms with Crippen molar-refractivity contribution in [1.82, 2.24) is 10.3 Å². The van der Waals surface area contributed by atoms with Gasteiger partial charge in [0.25, 0.3) is 5.69 Å². The molecular formula is C16H21N3O2. The molecule has 0 spiro atoms. The number of pyridine rings is 1. The average molecular weight is 287 g/mol. The molecule has 5 nitrogen and oxygen atoms in total. The lowest BCUT2D eigenvalue weighted by atomic mass is 9.89. The van der Waals surface area contributed by atoms with Crippen molar-refractivity contribution >= 4 is 16.6 Å². The number of non-ortho nitro benzene ring substituents is 1. The smallest absolute Gasteiger partial charge is 0.278 e. The molecule has 0 aliphatic heterocycles. The summed E-state index contributed by atoms with van der Waals surface area (Å²) in [5.41, 5.74) is 1.91. The highest BCUT2D eigenvalue weighted by atomic mass is 16.6. The van der Waals surface area contributed by atoms with Gasteiger partial charge in [0.05, 0.1) is 15.8 Å². The highest BCUT2D eigenvalue weighted by molar-refractivity contribution is 5.90. The maximum atomic E-state index is 11.2. The van der Waals surface area contributed by atoms with E-state index >= 15 is 0 Å². The first-order valence-electron chi connectivity index (χ1n) is 7.35. The minimum atomic E-state index is -0.347. The SMILES string of the molecule is CCNC(CC)C(C)c1ccc([N+](=O)[O-])c2cccnc12. The molecule has 0 saturated heterocycles. The van der Waals surface area contributed by atoms with Crippen molar-refractivity contribution in [3.05, 3.63) is 46.1 Å². The normalized spacial score (nSPS) is 14.0. The number of benzene rings is 1. The summed E-state index contributed by atoms with van der Waals surface area (Å²) in [5.74, 6) is 0.244. The predicted octanol–water partition coefficient (Wildman–Crippen LogP) is 3.63. The average Bonchev–Trinajstić information content (AvgIpc) is 2.50. The number of aromatic nitrogens is 1. The third kappa shape index (κ3) is 3.03. The van der Waals surface area contributed by atoms with Gasteiger partial charge in [0.15, 0.2) is 0 Å². The lowest BCUT2D eigenvalue weighted by Crippen LogP contribution is -2.33. The zero-order valence-corrected chi connectivity index (χ0v) is 12.7. The van der Waals surface area contributed by atoms with E-state index in [0.717, 1.165) is 24.0 Å². The molecule has 2 aromatic rings. The fourth-order valence-electron chi connectivity index (χ4n) is 2.86. The number of nitrogens with zero attached hydrogens (tertiary/aromatic N) is 2. The number of fused-ring (bicyclic) bond motifs is 1. The molecule has 0 saturated carbocycles. The van der Waals surface area contributed by atoms with E-state index in [1.54, 1.807) is 24.4 Å². The van der Waals surface area contributed by atoms with Crippen LogP contribution in [0.5, 0.6) is 0 Å². The zero-order chi connectivity index (χ0) is 15.4. The molecule has 2 atom stereocenters. The van der Waals surface area contributed by atoms with Gasteiger partial charge in [-0.15, -0.1) is 0 Å². The minimum Gasteiger partial charge on any atom is -0.314 e. The van der Waals surface area contributed by atoms with Crippen molar-refractivity contribution in [3.8, 4) is 0 Å². The Kier molecular flexibility index (Phi) is 4.85. The van der Waals surface area contributed by atoms with E-state index in [1.807, 2.05) is 6.07 Å². The molecule has 1 heterocycles. The van der Waals surface area contributed by atoms with Crippen LogP contribution in [0.1, 0.15) is 38.7 Å². The van der Waals surface area contributed by atoms with Gasteiger partial charge in [0.1, 0.15) is 0 Å². The molecule has 0 aliphatic carbocycles. The van der Waals surface area contributed by atoms with Gasteiger partial charge < -0.3 is 5.32 Å². The zero-order valence-electron chi connectivity index (χ0n) is 12.7. The maximum absolute atomic E-state index is 11.2. The second-order valence-corrected chi connectivity index (χ2v) is 5.19. The quantitative estimate of drug-likeness (QED) is 0.650. The molecular weight excluding hydrogens is 266 g/mol. The van der Waals surface area contributed by atoms with Crippen LogP contribution in [0.25, 0.3) is 10.9 Å². The first-order valence-corrected chi connectivity index (χ1v) is 7.35. The maximum Gasteiger partial charge on any atom is 0.278 e. The predicted molar refractivity (Wildman–Crippen MR) is 84.6 cm³/mol. The Balaban J connectivity index is 2.55. The third-order valence-corrected chi connectivity index (χ3v) is 3.97. The summed E-state index contributed by atoms with van der Waals surface area (Å²) in [5, 5.41) is 15.2. The molecule has 2 rings (SSSR count). The fraction of sp³-hybridized carbons (Fsp3) is 0.438. The third-order valence-electron chi connectivity index (χ3n) is 3.97. The molecule has 0 bridgehead atoms. The Bertz CT molecular complexity index is 642. The number of rotatable bonds is 6. The van der Waals surface area contributed by atoms with E-state index < -0.39 is 0 Å². The van der Waals surface area contributed by atoms with E-state index in [4.69, 9.17) is 0 Å². The highest BCUT2D eigenvalue weighted by Gasteiger charge is 2.22. The number of hydrogen-bond donors (Lipinski definition) is 1. The van der Waals surface area contributed by atoms with Crippen molar-refractivity contribution in [2.45, 2.75) is 39.2 Å². The van der Waals surface area contributed by atoms with Gasteiger partial charge in [0, 0.05) is 18.3 Å². The van der Waals surface area contributed by atoms with Crippen LogP contribution in [-0.4, -0.2) is 22.5 Å². The molecule has 5 heteroatoms. The van der Waals surface area contributed by atoms with Gasteiger partial charge in [-0.25, -0.2) is 0 Å². The van der Waals surface area contributed by atoms with Crippen LogP contribution in [0.15, 0.2) is 30.5 Å². The summed E-state index contributed by atoms with van der Waals surface area (Å²) in [6, 6.07) is 7.28. The fourth-order valence-corrected chi connectivity index (χ4v) is 2.86. The minimum absolute atomic E-state index is 0.116. The topological polar surface area (TPSA) is 68.1 Å². The Hall–Kier alpha value is -2.01. The molecule has 2 unspecified atom stereocenters. The van der Waals surface area contributed by atoms with Gasteiger partial charge in [-0.1, -0.05) is 20.8 Å². The molecule has 1 aromatic carbocycles. The van der Waals surface area contributed by atoms with Gasteiger partial charge in [-0.3, -0.25) is 15.1 Å². The summed E-state index contributed by atoms with van der Waals surface area (Å²) < 4.78 is 0. The van der Waals surface area contributed by atoms with Crippen molar-refractivity contribution in [3.63, 3.8) is 0 Å². The van der Waals surface area contributed by atoms with E-state index in [-0.39, 0.29) is 16.5 Å². The van der Waals surface area contributed by atoms with Crippen LogP contribution in [0, 0.1) is 10.1 Å². The summed E-state index contributed by atoms with van der Waals surface area (Å²) >= 11 is 0. The Labute approximate surface area is 124 Å². The highest BCUT2D eigenvalue weighted by Crippen LogP contribution is 2.32. The van der Waals surface area contributed by atoms with E-state index in [0.29, 0.717) is 11.4 Å². The van der Waals surface area contributed by atoms with Crippen molar-refractivity contribution in [1.29, 1.82) is 0 Å². The monoisotopic (exact) mass is 287 g/mol. The van der Waals surface area contributed by atoms with Crippen LogP contribution in [0.4, 0.5) is 5.69 Å². The van der Waals surface area contributed by atoms with Crippen LogP contribution in [0.2, 0.25) is 0 Å². The largest absolute Gasteiger partial charge is 0.314 e. The number of nitro benzene ring substituents is 1. The van der Waals surface area contributed by atoms with E-state index in [9.17, 15) is 10.1 Å². The molecule has 112 valence electrons. The van der Waals surface area contributed by atoms with Gasteiger partial charge in [0.2, 0.25) is 0 Å². The van der Waals surface area contributed by atoms with Crippen LogP contribution in [0.3, 0.4) is 0 Å². The summed E-state index contributed by atoms with van der Waals surface area (Å²) in [4.78, 5) is 15.2. The van der Waals surface area contributed by atoms with Crippen LogP contribution >= 0.6 is 0 Å². The molecule has 21 heavy (non-hydrogen) atoms. The lowest BCUT2D eigenvalue weighted by Gasteiger charge is -2.24. The molecule has 0 amide bonds. The van der Waals surface area contributed by atoms with Crippen molar-refractivity contribution in [2.75, 3.05) is 6.54 Å². The Morgan fingerprint density at radius 2 is 2.10 bits per heavy atom. The van der Waals surface area contributed by atoms with E-state index in [2.05, 4.69) is 31.1 Å². The molecule has 1 N–H and O–H groups in total. The second kappa shape index (κ2) is 6.63. The molecule has 0 fully saturated rings. The van der Waals surface area contributed by atoms with Gasteiger partial charge in [-0.05, 0) is 42.6 Å². The van der Waals surface area contributed by atoms with E-state index in [1.165, 1.54) is 0 Å². The first kappa shape index (κ1) is 15.4. The second-order valence-electron chi connectivity index (χ2n) is 5.19. The summed E-state index contributed by atoms with van der Waals surface area (Å²) in [6.07, 6.45) is 2.69. The van der Waals surface area contributed by atoms with Crippen molar-refractivity contribution in [2.24, 2.45) is 0 Å². The van der Waals surface area contributed by atoms with Crippen molar-refractivity contribution < 1.29 is 4.92 Å². The summed E-state index contributed by atoms with van der Waals surface area (Å²) in [7, 11) is 0. The molecule has 0 radical (unpaired) electrons. The number of hydrogen-bond acceptors (Lipinski definition) is 4. The van der Waals surface area contributed by atoms with Gasteiger partial charge >= 0.3 is 0 Å². The Morgan fingerprint density at radius 3 is 2.71 bits per heavy atom. The van der Waals surface area contributed by atoms with Crippen LogP contribution < -0.4 is 5.32 Å². The van der Waals surface area contributed by atoms with Crippen LogP contribution in [-0.2, 0) is 0 Å².